The molecule has 8 heteroatoms. The molecule has 0 atom stereocenters. The van der Waals surface area contributed by atoms with Gasteiger partial charge >= 0.3 is 11.9 Å². The topological polar surface area (TPSA) is 66.9 Å². The Kier molecular flexibility index (Phi) is 3.19. The summed E-state index contributed by atoms with van der Waals surface area (Å²) < 4.78 is 39.2. The fourth-order valence-electron chi connectivity index (χ4n) is 1.82. The van der Waals surface area contributed by atoms with E-state index in [-0.39, 0.29) is 12.1 Å². The molecule has 2 N–H and O–H groups in total. The van der Waals surface area contributed by atoms with E-state index in [1.54, 1.807) is 0 Å². The lowest BCUT2D eigenvalue weighted by molar-refractivity contribution is -0.136. The average Bonchev–Trinajstić information content (AvgIpc) is 2.32. The molecular formula is C11H10F3N3O2. The number of aromatic nitrogens is 2. The van der Waals surface area contributed by atoms with E-state index in [1.165, 1.54) is 13.1 Å². The van der Waals surface area contributed by atoms with Gasteiger partial charge in [0.1, 0.15) is 0 Å². The highest BCUT2D eigenvalue weighted by Crippen LogP contribution is 2.32. The standard InChI is InChI=1S/C11H10F3N3O2/c1-15-5-17-9(18)6-3-2-4-7(11(12,13)14)8(6)16-10(17)19/h2-4,15H,5H2,1H3,(H,16,19). The van der Waals surface area contributed by atoms with E-state index in [0.29, 0.717) is 0 Å². The Bertz CT molecular complexity index is 731. The Balaban J connectivity index is 2.89. The molecule has 0 aliphatic carbocycles. The molecule has 0 fully saturated rings. The summed E-state index contributed by atoms with van der Waals surface area (Å²) in [7, 11) is 1.52. The van der Waals surface area contributed by atoms with E-state index in [9.17, 15) is 22.8 Å². The predicted molar refractivity (Wildman–Crippen MR) is 62.9 cm³/mol. The molecule has 0 saturated heterocycles. The molecule has 0 saturated carbocycles. The van der Waals surface area contributed by atoms with E-state index in [4.69, 9.17) is 0 Å². The van der Waals surface area contributed by atoms with E-state index in [2.05, 4.69) is 10.3 Å². The van der Waals surface area contributed by atoms with Gasteiger partial charge in [-0.2, -0.15) is 13.2 Å². The number of hydrogen-bond acceptors (Lipinski definition) is 3. The first-order chi connectivity index (χ1) is 8.86. The average molecular weight is 273 g/mol. The van der Waals surface area contributed by atoms with Crippen molar-refractivity contribution in [3.63, 3.8) is 0 Å². The van der Waals surface area contributed by atoms with Crippen molar-refractivity contribution in [2.45, 2.75) is 12.8 Å². The quantitative estimate of drug-likeness (QED) is 0.853. The zero-order chi connectivity index (χ0) is 14.2. The van der Waals surface area contributed by atoms with E-state index < -0.39 is 28.5 Å². The highest BCUT2D eigenvalue weighted by atomic mass is 19.4. The number of para-hydroxylation sites is 1. The van der Waals surface area contributed by atoms with Crippen LogP contribution in [0, 0.1) is 0 Å². The second-order valence-electron chi connectivity index (χ2n) is 3.90. The summed E-state index contributed by atoms with van der Waals surface area (Å²) in [6.07, 6.45) is -4.63. The molecule has 0 amide bonds. The Morgan fingerprint density at radius 1 is 1.32 bits per heavy atom. The van der Waals surface area contributed by atoms with Crippen molar-refractivity contribution in [3.8, 4) is 0 Å². The second-order valence-corrected chi connectivity index (χ2v) is 3.90. The molecule has 0 aliphatic rings. The lowest BCUT2D eigenvalue weighted by Crippen LogP contribution is -2.38. The number of H-pyrrole nitrogens is 1. The molecule has 19 heavy (non-hydrogen) atoms. The minimum absolute atomic E-state index is 0.0830. The third-order valence-electron chi connectivity index (χ3n) is 2.64. The second kappa shape index (κ2) is 4.54. The number of nitrogens with zero attached hydrogens (tertiary/aromatic N) is 1. The van der Waals surface area contributed by atoms with Gasteiger partial charge in [0.2, 0.25) is 0 Å². The number of nitrogens with one attached hydrogen (secondary N) is 2. The van der Waals surface area contributed by atoms with Crippen LogP contribution in [-0.4, -0.2) is 16.6 Å². The number of benzene rings is 1. The highest BCUT2D eigenvalue weighted by molar-refractivity contribution is 5.81. The monoisotopic (exact) mass is 273 g/mol. The van der Waals surface area contributed by atoms with Crippen LogP contribution in [0.3, 0.4) is 0 Å². The van der Waals surface area contributed by atoms with Crippen molar-refractivity contribution in [1.29, 1.82) is 0 Å². The SMILES string of the molecule is CNCn1c(=O)[nH]c2c(C(F)(F)F)cccc2c1=O. The molecule has 0 bridgehead atoms. The van der Waals surface area contributed by atoms with Crippen LogP contribution in [0.4, 0.5) is 13.2 Å². The fourth-order valence-corrected chi connectivity index (χ4v) is 1.82. The van der Waals surface area contributed by atoms with Crippen LogP contribution in [0.25, 0.3) is 10.9 Å². The highest BCUT2D eigenvalue weighted by Gasteiger charge is 2.33. The van der Waals surface area contributed by atoms with Gasteiger partial charge in [0.15, 0.2) is 0 Å². The van der Waals surface area contributed by atoms with Crippen LogP contribution >= 0.6 is 0 Å². The van der Waals surface area contributed by atoms with Gasteiger partial charge in [-0.15, -0.1) is 0 Å². The van der Waals surface area contributed by atoms with Crippen molar-refractivity contribution >= 4 is 10.9 Å². The van der Waals surface area contributed by atoms with Crippen molar-refractivity contribution in [2.75, 3.05) is 7.05 Å². The van der Waals surface area contributed by atoms with Crippen molar-refractivity contribution in [2.24, 2.45) is 0 Å². The van der Waals surface area contributed by atoms with Gasteiger partial charge in [0.05, 0.1) is 23.1 Å². The Hall–Kier alpha value is -2.09. The van der Waals surface area contributed by atoms with Crippen molar-refractivity contribution < 1.29 is 13.2 Å². The first-order valence-corrected chi connectivity index (χ1v) is 5.34. The molecule has 102 valence electrons. The Morgan fingerprint density at radius 3 is 2.58 bits per heavy atom. The summed E-state index contributed by atoms with van der Waals surface area (Å²) in [4.78, 5) is 25.7. The van der Waals surface area contributed by atoms with E-state index >= 15 is 0 Å². The van der Waals surface area contributed by atoms with E-state index in [1.807, 2.05) is 0 Å². The van der Waals surface area contributed by atoms with Crippen LogP contribution in [0.1, 0.15) is 5.56 Å². The summed E-state index contributed by atoms with van der Waals surface area (Å²) in [5.41, 5.74) is -3.17. The van der Waals surface area contributed by atoms with Crippen LogP contribution in [0.15, 0.2) is 27.8 Å². The minimum atomic E-state index is -4.63. The molecule has 0 radical (unpaired) electrons. The number of hydrogen-bond donors (Lipinski definition) is 2. The largest absolute Gasteiger partial charge is 0.418 e. The van der Waals surface area contributed by atoms with E-state index in [0.717, 1.165) is 16.7 Å². The maximum atomic E-state index is 12.8. The molecule has 1 aromatic heterocycles. The lowest BCUT2D eigenvalue weighted by atomic mass is 10.1. The van der Waals surface area contributed by atoms with Gasteiger partial charge in [-0.1, -0.05) is 6.07 Å². The summed E-state index contributed by atoms with van der Waals surface area (Å²) >= 11 is 0. The minimum Gasteiger partial charge on any atom is -0.306 e. The first kappa shape index (κ1) is 13.3. The Morgan fingerprint density at radius 2 is 2.00 bits per heavy atom. The van der Waals surface area contributed by atoms with Gasteiger partial charge in [-0.05, 0) is 19.2 Å². The number of alkyl halides is 3. The zero-order valence-corrected chi connectivity index (χ0v) is 9.84. The van der Waals surface area contributed by atoms with Crippen molar-refractivity contribution in [3.05, 3.63) is 44.6 Å². The fraction of sp³-hybridized carbons (Fsp3) is 0.273. The summed E-state index contributed by atoms with van der Waals surface area (Å²) in [6.45, 7) is -0.0830. The first-order valence-electron chi connectivity index (χ1n) is 5.34. The third-order valence-corrected chi connectivity index (χ3v) is 2.64. The summed E-state index contributed by atoms with van der Waals surface area (Å²) in [5, 5.41) is 2.42. The maximum Gasteiger partial charge on any atom is 0.418 e. The normalized spacial score (nSPS) is 12.0. The molecule has 5 nitrogen and oxygen atoms in total. The molecule has 2 rings (SSSR count). The van der Waals surface area contributed by atoms with Crippen LogP contribution in [0.5, 0.6) is 0 Å². The molecule has 0 aliphatic heterocycles. The molecule has 2 aromatic rings. The third kappa shape index (κ3) is 2.26. The summed E-state index contributed by atoms with van der Waals surface area (Å²) in [6, 6.07) is 3.20. The molecule has 1 heterocycles. The number of aromatic amines is 1. The lowest BCUT2D eigenvalue weighted by Gasteiger charge is -2.11. The zero-order valence-electron chi connectivity index (χ0n) is 9.84. The molecule has 0 spiro atoms. The van der Waals surface area contributed by atoms with Crippen LogP contribution < -0.4 is 16.6 Å². The smallest absolute Gasteiger partial charge is 0.306 e. The Labute approximate surface area is 104 Å². The van der Waals surface area contributed by atoms with Gasteiger partial charge in [0, 0.05) is 0 Å². The van der Waals surface area contributed by atoms with Gasteiger partial charge < -0.3 is 10.3 Å². The molecular weight excluding hydrogens is 263 g/mol. The van der Waals surface area contributed by atoms with Gasteiger partial charge in [-0.3, -0.25) is 4.79 Å². The van der Waals surface area contributed by atoms with Gasteiger partial charge in [-0.25, -0.2) is 9.36 Å². The predicted octanol–water partition coefficient (Wildman–Crippen LogP) is 0.886. The van der Waals surface area contributed by atoms with Crippen LogP contribution in [-0.2, 0) is 12.8 Å². The number of rotatable bonds is 2. The summed E-state index contributed by atoms with van der Waals surface area (Å²) in [5.74, 6) is 0. The van der Waals surface area contributed by atoms with Gasteiger partial charge in [0.25, 0.3) is 5.56 Å². The van der Waals surface area contributed by atoms with Crippen molar-refractivity contribution in [1.82, 2.24) is 14.9 Å². The van der Waals surface area contributed by atoms with Crippen LogP contribution in [0.2, 0.25) is 0 Å². The maximum absolute atomic E-state index is 12.8. The molecule has 0 unspecified atom stereocenters. The number of halogens is 3. The number of fused-ring (bicyclic) bond motifs is 1. The molecule has 1 aromatic carbocycles.